The lowest BCUT2D eigenvalue weighted by Gasteiger charge is -2.03. The number of amides is 1. The number of thiazole rings is 1. The molecule has 21 heavy (non-hydrogen) atoms. The van der Waals surface area contributed by atoms with E-state index in [1.165, 1.54) is 29.7 Å². The van der Waals surface area contributed by atoms with Crippen molar-refractivity contribution in [3.05, 3.63) is 35.3 Å². The summed E-state index contributed by atoms with van der Waals surface area (Å²) in [5.74, 6) is -0.0932. The molecule has 6 nitrogen and oxygen atoms in total. The monoisotopic (exact) mass is 325 g/mol. The van der Waals surface area contributed by atoms with E-state index >= 15 is 0 Å². The van der Waals surface area contributed by atoms with Gasteiger partial charge < -0.3 is 10.6 Å². The minimum atomic E-state index is -3.19. The van der Waals surface area contributed by atoms with Crippen LogP contribution in [0.2, 0.25) is 0 Å². The Morgan fingerprint density at radius 1 is 1.29 bits per heavy atom. The fourth-order valence-corrected chi connectivity index (χ4v) is 2.97. The van der Waals surface area contributed by atoms with E-state index in [0.29, 0.717) is 10.8 Å². The van der Waals surface area contributed by atoms with Crippen LogP contribution < -0.4 is 10.6 Å². The first kappa shape index (κ1) is 15.5. The number of nitrogens with zero attached hydrogens (tertiary/aromatic N) is 1. The van der Waals surface area contributed by atoms with Gasteiger partial charge in [-0.25, -0.2) is 13.4 Å². The second-order valence-electron chi connectivity index (χ2n) is 4.42. The number of likely N-dealkylation sites (N-methyl/N-ethyl adjacent to an activating group) is 1. The Kier molecular flexibility index (Phi) is 4.59. The van der Waals surface area contributed by atoms with Crippen molar-refractivity contribution in [1.82, 2.24) is 10.3 Å². The fourth-order valence-electron chi connectivity index (χ4n) is 1.61. The molecular formula is C13H15N3O3S2. The summed E-state index contributed by atoms with van der Waals surface area (Å²) in [5, 5.41) is 8.08. The van der Waals surface area contributed by atoms with Gasteiger partial charge in [-0.15, -0.1) is 11.3 Å². The molecule has 112 valence electrons. The van der Waals surface area contributed by atoms with Crippen LogP contribution in [0.4, 0.5) is 10.8 Å². The smallest absolute Gasteiger partial charge is 0.225 e. The number of sulfone groups is 1. The van der Waals surface area contributed by atoms with Crippen molar-refractivity contribution in [3.63, 3.8) is 0 Å². The van der Waals surface area contributed by atoms with Crippen LogP contribution in [0.15, 0.2) is 34.5 Å². The quantitative estimate of drug-likeness (QED) is 0.871. The van der Waals surface area contributed by atoms with Gasteiger partial charge in [-0.05, 0) is 24.3 Å². The van der Waals surface area contributed by atoms with Gasteiger partial charge in [-0.2, -0.15) is 0 Å². The molecule has 0 aliphatic rings. The van der Waals surface area contributed by atoms with E-state index in [1.54, 1.807) is 19.2 Å². The molecule has 2 N–H and O–H groups in total. The Morgan fingerprint density at radius 2 is 1.95 bits per heavy atom. The second-order valence-corrected chi connectivity index (χ2v) is 7.29. The Morgan fingerprint density at radius 3 is 2.52 bits per heavy atom. The lowest BCUT2D eigenvalue weighted by molar-refractivity contribution is -0.120. The molecule has 0 atom stereocenters. The molecule has 0 aliphatic heterocycles. The Hall–Kier alpha value is -1.93. The lowest BCUT2D eigenvalue weighted by atomic mass is 10.3. The number of benzene rings is 1. The minimum Gasteiger partial charge on any atom is -0.359 e. The summed E-state index contributed by atoms with van der Waals surface area (Å²) in [6, 6.07) is 6.43. The molecule has 2 aromatic rings. The van der Waals surface area contributed by atoms with Crippen molar-refractivity contribution in [2.24, 2.45) is 0 Å². The van der Waals surface area contributed by atoms with E-state index in [4.69, 9.17) is 0 Å². The van der Waals surface area contributed by atoms with Gasteiger partial charge in [-0.1, -0.05) is 0 Å². The van der Waals surface area contributed by atoms with Crippen LogP contribution in [0, 0.1) is 0 Å². The summed E-state index contributed by atoms with van der Waals surface area (Å²) in [4.78, 5) is 15.8. The van der Waals surface area contributed by atoms with E-state index in [0.717, 1.165) is 5.69 Å². The molecular weight excluding hydrogens is 310 g/mol. The van der Waals surface area contributed by atoms with Gasteiger partial charge in [0.25, 0.3) is 0 Å². The molecule has 1 aromatic carbocycles. The molecule has 2 rings (SSSR count). The Bertz CT molecular complexity index is 736. The highest BCUT2D eigenvalue weighted by molar-refractivity contribution is 7.90. The number of hydrogen-bond donors (Lipinski definition) is 2. The van der Waals surface area contributed by atoms with Gasteiger partial charge >= 0.3 is 0 Å². The van der Waals surface area contributed by atoms with Crippen LogP contribution >= 0.6 is 11.3 Å². The molecule has 0 saturated heterocycles. The summed E-state index contributed by atoms with van der Waals surface area (Å²) < 4.78 is 22.7. The normalized spacial score (nSPS) is 11.1. The summed E-state index contributed by atoms with van der Waals surface area (Å²) in [5.41, 5.74) is 1.43. The zero-order chi connectivity index (χ0) is 15.5. The van der Waals surface area contributed by atoms with E-state index < -0.39 is 9.84 Å². The van der Waals surface area contributed by atoms with Crippen molar-refractivity contribution in [2.75, 3.05) is 18.6 Å². The molecule has 8 heteroatoms. The highest BCUT2D eigenvalue weighted by atomic mass is 32.2. The van der Waals surface area contributed by atoms with Crippen LogP contribution in [0.5, 0.6) is 0 Å². The number of rotatable bonds is 5. The molecule has 1 amide bonds. The van der Waals surface area contributed by atoms with Crippen molar-refractivity contribution < 1.29 is 13.2 Å². The predicted octanol–water partition coefficient (Wildman–Crippen LogP) is 1.58. The SMILES string of the molecule is CNC(=O)Cc1csc(Nc2ccc(S(C)(=O)=O)cc2)n1. The van der Waals surface area contributed by atoms with Crippen molar-refractivity contribution in [2.45, 2.75) is 11.3 Å². The molecule has 1 heterocycles. The molecule has 0 unspecified atom stereocenters. The summed E-state index contributed by atoms with van der Waals surface area (Å²) in [6.07, 6.45) is 1.41. The molecule has 0 fully saturated rings. The highest BCUT2D eigenvalue weighted by Crippen LogP contribution is 2.22. The van der Waals surface area contributed by atoms with Crippen molar-refractivity contribution in [1.29, 1.82) is 0 Å². The number of carbonyl (C=O) groups is 1. The maximum atomic E-state index is 11.4. The summed E-state index contributed by atoms with van der Waals surface area (Å²) >= 11 is 1.39. The zero-order valence-electron chi connectivity index (χ0n) is 11.6. The lowest BCUT2D eigenvalue weighted by Crippen LogP contribution is -2.20. The fraction of sp³-hybridized carbons (Fsp3) is 0.231. The largest absolute Gasteiger partial charge is 0.359 e. The molecule has 0 bridgehead atoms. The number of hydrogen-bond acceptors (Lipinski definition) is 6. The van der Waals surface area contributed by atoms with Crippen LogP contribution in [-0.2, 0) is 21.1 Å². The standard InChI is InChI=1S/C13H15N3O3S2/c1-14-12(17)7-10-8-20-13(16-10)15-9-3-5-11(6-4-9)21(2,18)19/h3-6,8H,7H2,1-2H3,(H,14,17)(H,15,16). The van der Waals surface area contributed by atoms with Gasteiger partial charge in [0.1, 0.15) is 0 Å². The van der Waals surface area contributed by atoms with E-state index in [9.17, 15) is 13.2 Å². The highest BCUT2D eigenvalue weighted by Gasteiger charge is 2.08. The first-order valence-corrected chi connectivity index (χ1v) is 8.88. The van der Waals surface area contributed by atoms with Gasteiger partial charge in [0, 0.05) is 24.4 Å². The van der Waals surface area contributed by atoms with E-state index in [2.05, 4.69) is 15.6 Å². The topological polar surface area (TPSA) is 88.2 Å². The molecule has 0 saturated carbocycles. The minimum absolute atomic E-state index is 0.0932. The van der Waals surface area contributed by atoms with Crippen LogP contribution in [0.1, 0.15) is 5.69 Å². The maximum Gasteiger partial charge on any atom is 0.225 e. The predicted molar refractivity (Wildman–Crippen MR) is 82.7 cm³/mol. The molecule has 0 radical (unpaired) electrons. The van der Waals surface area contributed by atoms with Crippen LogP contribution in [-0.4, -0.2) is 32.6 Å². The second kappa shape index (κ2) is 6.23. The van der Waals surface area contributed by atoms with Gasteiger partial charge in [0.2, 0.25) is 5.91 Å². The number of aromatic nitrogens is 1. The van der Waals surface area contributed by atoms with Crippen LogP contribution in [0.3, 0.4) is 0 Å². The average molecular weight is 325 g/mol. The summed E-state index contributed by atoms with van der Waals surface area (Å²) in [6.45, 7) is 0. The van der Waals surface area contributed by atoms with E-state index in [-0.39, 0.29) is 17.2 Å². The van der Waals surface area contributed by atoms with Gasteiger partial charge in [0.15, 0.2) is 15.0 Å². The summed E-state index contributed by atoms with van der Waals surface area (Å²) in [7, 11) is -1.61. The van der Waals surface area contributed by atoms with Crippen LogP contribution in [0.25, 0.3) is 0 Å². The van der Waals surface area contributed by atoms with Gasteiger partial charge in [-0.3, -0.25) is 4.79 Å². The number of anilines is 2. The van der Waals surface area contributed by atoms with Crippen molar-refractivity contribution in [3.8, 4) is 0 Å². The third-order valence-electron chi connectivity index (χ3n) is 2.71. The van der Waals surface area contributed by atoms with Gasteiger partial charge in [0.05, 0.1) is 17.0 Å². The number of nitrogens with one attached hydrogen (secondary N) is 2. The van der Waals surface area contributed by atoms with E-state index in [1.807, 2.05) is 5.38 Å². The zero-order valence-corrected chi connectivity index (χ0v) is 13.2. The Labute approximate surface area is 127 Å². The first-order valence-electron chi connectivity index (χ1n) is 6.10. The third kappa shape index (κ3) is 4.27. The van der Waals surface area contributed by atoms with Crippen molar-refractivity contribution >= 4 is 37.9 Å². The number of carbonyl (C=O) groups excluding carboxylic acids is 1. The maximum absolute atomic E-state index is 11.4. The average Bonchev–Trinajstić information content (AvgIpc) is 2.85. The third-order valence-corrected chi connectivity index (χ3v) is 4.64. The first-order chi connectivity index (χ1) is 9.88. The Balaban J connectivity index is 2.07. The molecule has 1 aromatic heterocycles. The molecule has 0 aliphatic carbocycles. The molecule has 0 spiro atoms.